The molecule has 0 amide bonds. The van der Waals surface area contributed by atoms with Gasteiger partial charge in [-0.1, -0.05) is 25.7 Å². The van der Waals surface area contributed by atoms with Crippen molar-refractivity contribution in [2.75, 3.05) is 19.7 Å². The fourth-order valence-electron chi connectivity index (χ4n) is 3.12. The molecule has 5 heteroatoms. The Bertz CT molecular complexity index is 267. The van der Waals surface area contributed by atoms with Gasteiger partial charge in [0.25, 0.3) is 0 Å². The normalized spacial score (nSPS) is 25.8. The Morgan fingerprint density at radius 2 is 1.79 bits per heavy atom. The predicted octanol–water partition coefficient (Wildman–Crippen LogP) is 2.70. The van der Waals surface area contributed by atoms with Gasteiger partial charge in [-0.2, -0.15) is 0 Å². The van der Waals surface area contributed by atoms with Crippen molar-refractivity contribution in [2.45, 2.75) is 63.5 Å². The van der Waals surface area contributed by atoms with Gasteiger partial charge in [0.2, 0.25) is 0 Å². The molecule has 0 radical (unpaired) electrons. The van der Waals surface area contributed by atoms with Gasteiger partial charge in [-0.25, -0.2) is 0 Å². The minimum absolute atomic E-state index is 0. The van der Waals surface area contributed by atoms with E-state index >= 15 is 0 Å². The van der Waals surface area contributed by atoms with Gasteiger partial charge in [-0.15, -0.1) is 12.4 Å². The summed E-state index contributed by atoms with van der Waals surface area (Å²) in [5.74, 6) is -0.679. The topological polar surface area (TPSA) is 49.8 Å². The Morgan fingerprint density at radius 1 is 1.11 bits per heavy atom. The lowest BCUT2D eigenvalue weighted by atomic mass is 10.1. The van der Waals surface area contributed by atoms with Crippen LogP contribution in [0.4, 0.5) is 0 Å². The third-order valence-corrected chi connectivity index (χ3v) is 4.18. The summed E-state index contributed by atoms with van der Waals surface area (Å²) in [7, 11) is 0. The maximum atomic E-state index is 11.0. The molecule has 19 heavy (non-hydrogen) atoms. The van der Waals surface area contributed by atoms with Gasteiger partial charge in [-0.05, 0) is 32.2 Å². The summed E-state index contributed by atoms with van der Waals surface area (Å²) in [5.41, 5.74) is 0. The molecule has 1 atom stereocenters. The molecule has 2 rings (SSSR count). The first kappa shape index (κ1) is 16.7. The molecule has 1 saturated carbocycles. The fourth-order valence-corrected chi connectivity index (χ4v) is 3.12. The monoisotopic (exact) mass is 291 g/mol. The molecule has 112 valence electrons. The molecule has 2 fully saturated rings. The highest BCUT2D eigenvalue weighted by molar-refractivity contribution is 5.85. The Hall–Kier alpha value is -0.320. The van der Waals surface area contributed by atoms with Crippen LogP contribution in [0.1, 0.15) is 51.4 Å². The summed E-state index contributed by atoms with van der Waals surface area (Å²) in [5, 5.41) is 9.09. The summed E-state index contributed by atoms with van der Waals surface area (Å²) in [6.07, 6.45) is 9.82. The third kappa shape index (κ3) is 5.28. The van der Waals surface area contributed by atoms with Crippen LogP contribution < -0.4 is 0 Å². The second kappa shape index (κ2) is 8.77. The molecule has 0 spiro atoms. The van der Waals surface area contributed by atoms with Crippen molar-refractivity contribution in [3.05, 3.63) is 0 Å². The number of nitrogens with zero attached hydrogens (tertiary/aromatic N) is 1. The van der Waals surface area contributed by atoms with Crippen LogP contribution in [0, 0.1) is 0 Å². The molecule has 0 aromatic rings. The van der Waals surface area contributed by atoms with E-state index in [0.29, 0.717) is 12.7 Å². The van der Waals surface area contributed by atoms with E-state index in [1.807, 2.05) is 0 Å². The summed E-state index contributed by atoms with van der Waals surface area (Å²) in [6.45, 7) is 2.37. The maximum Gasteiger partial charge on any atom is 0.320 e. The minimum Gasteiger partial charge on any atom is -0.480 e. The van der Waals surface area contributed by atoms with Crippen LogP contribution in [0.5, 0.6) is 0 Å². The van der Waals surface area contributed by atoms with Crippen LogP contribution in [-0.4, -0.2) is 47.8 Å². The van der Waals surface area contributed by atoms with E-state index in [4.69, 9.17) is 9.84 Å². The number of carboxylic acid groups (broad SMARTS) is 1. The Morgan fingerprint density at radius 3 is 2.42 bits per heavy atom. The van der Waals surface area contributed by atoms with Gasteiger partial charge in [0.15, 0.2) is 0 Å². The Labute approximate surface area is 121 Å². The quantitative estimate of drug-likeness (QED) is 0.791. The first-order chi connectivity index (χ1) is 8.77. The molecule has 0 aromatic carbocycles. The molecule has 4 nitrogen and oxygen atoms in total. The fraction of sp³-hybridized carbons (Fsp3) is 0.929. The van der Waals surface area contributed by atoms with E-state index in [0.717, 1.165) is 25.9 Å². The van der Waals surface area contributed by atoms with Gasteiger partial charge >= 0.3 is 5.97 Å². The van der Waals surface area contributed by atoms with Crippen molar-refractivity contribution in [3.8, 4) is 0 Å². The molecule has 1 heterocycles. The van der Waals surface area contributed by atoms with Crippen LogP contribution in [0.3, 0.4) is 0 Å². The first-order valence-electron chi connectivity index (χ1n) is 7.36. The number of rotatable bonds is 5. The smallest absolute Gasteiger partial charge is 0.320 e. The van der Waals surface area contributed by atoms with Gasteiger partial charge in [0.1, 0.15) is 6.04 Å². The number of likely N-dealkylation sites (tertiary alicyclic amines) is 1. The molecule has 1 N–H and O–H groups in total. The first-order valence-corrected chi connectivity index (χ1v) is 7.36. The molecule has 1 aliphatic carbocycles. The maximum absolute atomic E-state index is 11.0. The van der Waals surface area contributed by atoms with Crippen LogP contribution in [0.2, 0.25) is 0 Å². The summed E-state index contributed by atoms with van der Waals surface area (Å²) in [4.78, 5) is 13.1. The van der Waals surface area contributed by atoms with Crippen molar-refractivity contribution in [1.29, 1.82) is 0 Å². The zero-order valence-corrected chi connectivity index (χ0v) is 12.4. The lowest BCUT2D eigenvalue weighted by Crippen LogP contribution is -2.38. The van der Waals surface area contributed by atoms with E-state index < -0.39 is 5.97 Å². The third-order valence-electron chi connectivity index (χ3n) is 4.18. The van der Waals surface area contributed by atoms with Gasteiger partial charge in [-0.3, -0.25) is 9.69 Å². The van der Waals surface area contributed by atoms with Crippen molar-refractivity contribution in [2.24, 2.45) is 0 Å². The highest BCUT2D eigenvalue weighted by Crippen LogP contribution is 2.20. The minimum atomic E-state index is -0.679. The van der Waals surface area contributed by atoms with Crippen molar-refractivity contribution >= 4 is 18.4 Å². The Kier molecular flexibility index (Phi) is 7.73. The van der Waals surface area contributed by atoms with Crippen LogP contribution in [0.15, 0.2) is 0 Å². The van der Waals surface area contributed by atoms with Crippen molar-refractivity contribution in [1.82, 2.24) is 4.90 Å². The number of carboxylic acids is 1. The Balaban J connectivity index is 0.00000180. The highest BCUT2D eigenvalue weighted by atomic mass is 35.5. The molecule has 0 aromatic heterocycles. The van der Waals surface area contributed by atoms with E-state index in [-0.39, 0.29) is 18.4 Å². The van der Waals surface area contributed by atoms with E-state index in [1.54, 1.807) is 0 Å². The van der Waals surface area contributed by atoms with Crippen LogP contribution in [0.25, 0.3) is 0 Å². The molecule has 2 aliphatic rings. The summed E-state index contributed by atoms with van der Waals surface area (Å²) in [6, 6.07) is -0.275. The van der Waals surface area contributed by atoms with Gasteiger partial charge in [0.05, 0.1) is 12.7 Å². The second-order valence-corrected chi connectivity index (χ2v) is 5.52. The molecule has 0 bridgehead atoms. The van der Waals surface area contributed by atoms with Gasteiger partial charge in [0, 0.05) is 6.54 Å². The molecule has 1 saturated heterocycles. The average Bonchev–Trinajstić information content (AvgIpc) is 2.66. The zero-order valence-electron chi connectivity index (χ0n) is 11.6. The molecule has 0 unspecified atom stereocenters. The number of halogens is 1. The largest absolute Gasteiger partial charge is 0.480 e. The molecular formula is C14H26ClNO3. The molecule has 1 aliphatic heterocycles. The molecular weight excluding hydrogens is 266 g/mol. The number of aliphatic carboxylic acids is 1. The van der Waals surface area contributed by atoms with Gasteiger partial charge < -0.3 is 9.84 Å². The lowest BCUT2D eigenvalue weighted by molar-refractivity contribution is -0.142. The van der Waals surface area contributed by atoms with Crippen molar-refractivity contribution in [3.63, 3.8) is 0 Å². The lowest BCUT2D eigenvalue weighted by Gasteiger charge is -2.22. The summed E-state index contributed by atoms with van der Waals surface area (Å²) < 4.78 is 5.92. The van der Waals surface area contributed by atoms with Crippen molar-refractivity contribution < 1.29 is 14.6 Å². The number of hydrogen-bond acceptors (Lipinski definition) is 3. The standard InChI is InChI=1S/C14H25NO3.ClH/c16-14(17)13-8-5-9-15(13)10-11-18-12-6-3-1-2-4-7-12;/h12-13H,1-11H2,(H,16,17);1H/t13-;/m1./s1. The second-order valence-electron chi connectivity index (χ2n) is 5.52. The zero-order chi connectivity index (χ0) is 12.8. The summed E-state index contributed by atoms with van der Waals surface area (Å²) >= 11 is 0. The van der Waals surface area contributed by atoms with Crippen LogP contribution in [-0.2, 0) is 9.53 Å². The average molecular weight is 292 g/mol. The highest BCUT2D eigenvalue weighted by Gasteiger charge is 2.30. The number of hydrogen-bond donors (Lipinski definition) is 1. The van der Waals surface area contributed by atoms with E-state index in [2.05, 4.69) is 4.90 Å². The van der Waals surface area contributed by atoms with E-state index in [1.165, 1.54) is 38.5 Å². The number of carbonyl (C=O) groups is 1. The van der Waals surface area contributed by atoms with Crippen LogP contribution >= 0.6 is 12.4 Å². The van der Waals surface area contributed by atoms with E-state index in [9.17, 15) is 4.79 Å². The predicted molar refractivity (Wildman–Crippen MR) is 76.9 cm³/mol. The SMILES string of the molecule is Cl.O=C(O)[C@H]1CCCN1CCOC1CCCCCC1. The number of ether oxygens (including phenoxy) is 1.